The number of aryl methyl sites for hydroxylation is 1. The molecule has 3 rings (SSSR count). The van der Waals surface area contributed by atoms with Crippen molar-refractivity contribution in [2.75, 3.05) is 4.90 Å². The molecule has 1 fully saturated rings. The van der Waals surface area contributed by atoms with E-state index in [4.69, 9.17) is 12.2 Å². The number of rotatable bonds is 4. The second-order valence-electron chi connectivity index (χ2n) is 5.39. The van der Waals surface area contributed by atoms with Crippen LogP contribution in [0.3, 0.4) is 0 Å². The molecule has 1 aliphatic rings. The molecule has 0 unspecified atom stereocenters. The molecule has 1 amide bonds. The number of carbonyl (C=O) groups excluding carboxylic acids is 1. The summed E-state index contributed by atoms with van der Waals surface area (Å²) in [7, 11) is 0. The molecular weight excluding hydrogens is 356 g/mol. The molecule has 126 valence electrons. The number of nitro groups is 1. The van der Waals surface area contributed by atoms with Crippen molar-refractivity contribution >= 4 is 51.7 Å². The summed E-state index contributed by atoms with van der Waals surface area (Å²) in [4.78, 5) is 25.0. The molecule has 5 nitrogen and oxygen atoms in total. The van der Waals surface area contributed by atoms with E-state index in [1.807, 2.05) is 24.3 Å². The van der Waals surface area contributed by atoms with E-state index >= 15 is 0 Å². The molecule has 0 saturated carbocycles. The van der Waals surface area contributed by atoms with Crippen LogP contribution in [0.15, 0.2) is 53.4 Å². The highest BCUT2D eigenvalue weighted by Gasteiger charge is 2.33. The van der Waals surface area contributed by atoms with E-state index in [2.05, 4.69) is 6.92 Å². The molecule has 2 aromatic carbocycles. The Kier molecular flexibility index (Phi) is 4.96. The van der Waals surface area contributed by atoms with Gasteiger partial charge in [0.1, 0.15) is 0 Å². The maximum absolute atomic E-state index is 12.7. The average Bonchev–Trinajstić information content (AvgIpc) is 2.89. The number of amides is 1. The van der Waals surface area contributed by atoms with Crippen molar-refractivity contribution < 1.29 is 9.72 Å². The molecular formula is C18H14N2O3S2. The predicted octanol–water partition coefficient (Wildman–Crippen LogP) is 4.56. The minimum absolute atomic E-state index is 0.0145. The zero-order valence-corrected chi connectivity index (χ0v) is 15.0. The van der Waals surface area contributed by atoms with Gasteiger partial charge in [0.2, 0.25) is 0 Å². The summed E-state index contributed by atoms with van der Waals surface area (Å²) in [6, 6.07) is 13.8. The highest BCUT2D eigenvalue weighted by molar-refractivity contribution is 8.27. The summed E-state index contributed by atoms with van der Waals surface area (Å²) in [5.41, 5.74) is 2.66. The fraction of sp³-hybridized carbons (Fsp3) is 0.111. The van der Waals surface area contributed by atoms with E-state index in [1.165, 1.54) is 34.4 Å². The standard InChI is InChI=1S/C18H14N2O3S2/c1-2-12-3-7-14(8-4-12)19-17(21)16(25-18(19)24)11-13-5-9-15(10-6-13)20(22)23/h3-11H,2H2,1H3/b16-11+. The molecule has 0 bridgehead atoms. The van der Waals surface area contributed by atoms with Gasteiger partial charge >= 0.3 is 0 Å². The van der Waals surface area contributed by atoms with Crippen molar-refractivity contribution in [2.45, 2.75) is 13.3 Å². The summed E-state index contributed by atoms with van der Waals surface area (Å²) in [6.45, 7) is 2.07. The van der Waals surface area contributed by atoms with E-state index in [0.717, 1.165) is 12.1 Å². The highest BCUT2D eigenvalue weighted by Crippen LogP contribution is 2.36. The maximum atomic E-state index is 12.7. The molecule has 0 spiro atoms. The largest absolute Gasteiger partial charge is 0.270 e. The Labute approximate surface area is 154 Å². The van der Waals surface area contributed by atoms with E-state index in [9.17, 15) is 14.9 Å². The second-order valence-corrected chi connectivity index (χ2v) is 7.06. The topological polar surface area (TPSA) is 63.5 Å². The van der Waals surface area contributed by atoms with Crippen LogP contribution >= 0.6 is 24.0 Å². The molecule has 1 aliphatic heterocycles. The van der Waals surface area contributed by atoms with E-state index in [1.54, 1.807) is 18.2 Å². The SMILES string of the molecule is CCc1ccc(N2C(=O)/C(=C\c3ccc([N+](=O)[O-])cc3)SC2=S)cc1. The van der Waals surface area contributed by atoms with Crippen molar-refractivity contribution in [1.82, 2.24) is 0 Å². The first-order valence-corrected chi connectivity index (χ1v) is 8.83. The number of benzene rings is 2. The monoisotopic (exact) mass is 370 g/mol. The fourth-order valence-electron chi connectivity index (χ4n) is 2.41. The number of non-ortho nitro benzene ring substituents is 1. The third-order valence-electron chi connectivity index (χ3n) is 3.80. The van der Waals surface area contributed by atoms with E-state index in [-0.39, 0.29) is 11.6 Å². The Balaban J connectivity index is 1.85. The number of hydrogen-bond acceptors (Lipinski definition) is 5. The van der Waals surface area contributed by atoms with Crippen LogP contribution in [0.25, 0.3) is 6.08 Å². The lowest BCUT2D eigenvalue weighted by molar-refractivity contribution is -0.384. The number of thioether (sulfide) groups is 1. The quantitative estimate of drug-likeness (QED) is 0.342. The average molecular weight is 370 g/mol. The van der Waals surface area contributed by atoms with Gasteiger partial charge in [0.15, 0.2) is 4.32 Å². The van der Waals surface area contributed by atoms with Crippen LogP contribution in [0.4, 0.5) is 11.4 Å². The van der Waals surface area contributed by atoms with Gasteiger partial charge in [0, 0.05) is 12.1 Å². The molecule has 0 atom stereocenters. The number of hydrogen-bond donors (Lipinski definition) is 0. The van der Waals surface area contributed by atoms with Gasteiger partial charge in [-0.05, 0) is 47.9 Å². The molecule has 0 aliphatic carbocycles. The molecule has 0 aromatic heterocycles. The van der Waals surface area contributed by atoms with Gasteiger partial charge in [-0.25, -0.2) is 0 Å². The van der Waals surface area contributed by atoms with Gasteiger partial charge in [0.05, 0.1) is 15.5 Å². The Morgan fingerprint density at radius 3 is 2.36 bits per heavy atom. The smallest absolute Gasteiger partial charge is 0.268 e. The van der Waals surface area contributed by atoms with Crippen LogP contribution in [0.2, 0.25) is 0 Å². The number of nitrogens with zero attached hydrogens (tertiary/aromatic N) is 2. The Hall–Kier alpha value is -2.51. The lowest BCUT2D eigenvalue weighted by atomic mass is 10.1. The summed E-state index contributed by atoms with van der Waals surface area (Å²) in [6.07, 6.45) is 2.63. The third kappa shape index (κ3) is 3.62. The van der Waals surface area contributed by atoms with Crippen molar-refractivity contribution in [3.05, 3.63) is 74.7 Å². The zero-order chi connectivity index (χ0) is 18.0. The van der Waals surface area contributed by atoms with Gasteiger partial charge in [0.25, 0.3) is 11.6 Å². The van der Waals surface area contributed by atoms with E-state index < -0.39 is 4.92 Å². The summed E-state index contributed by atoms with van der Waals surface area (Å²) in [5, 5.41) is 10.7. The third-order valence-corrected chi connectivity index (χ3v) is 5.10. The minimum Gasteiger partial charge on any atom is -0.268 e. The Bertz CT molecular complexity index is 874. The van der Waals surface area contributed by atoms with Crippen LogP contribution in [0.1, 0.15) is 18.1 Å². The molecule has 1 saturated heterocycles. The van der Waals surface area contributed by atoms with Crippen molar-refractivity contribution in [3.63, 3.8) is 0 Å². The summed E-state index contributed by atoms with van der Waals surface area (Å²) in [5.74, 6) is -0.183. The molecule has 2 aromatic rings. The van der Waals surface area contributed by atoms with Crippen molar-refractivity contribution in [3.8, 4) is 0 Å². The molecule has 1 heterocycles. The molecule has 7 heteroatoms. The number of anilines is 1. The van der Waals surface area contributed by atoms with Gasteiger partial charge in [-0.15, -0.1) is 0 Å². The lowest BCUT2D eigenvalue weighted by Crippen LogP contribution is -2.27. The number of nitro benzene ring substituents is 1. The van der Waals surface area contributed by atoms with Crippen LogP contribution in [-0.2, 0) is 11.2 Å². The van der Waals surface area contributed by atoms with Crippen LogP contribution in [-0.4, -0.2) is 15.2 Å². The first kappa shape index (κ1) is 17.3. The second kappa shape index (κ2) is 7.16. The first-order valence-electron chi connectivity index (χ1n) is 7.61. The Morgan fingerprint density at radius 2 is 1.80 bits per heavy atom. The molecule has 0 N–H and O–H groups in total. The van der Waals surface area contributed by atoms with Crippen LogP contribution in [0, 0.1) is 10.1 Å². The van der Waals surface area contributed by atoms with Gasteiger partial charge in [-0.2, -0.15) is 0 Å². The van der Waals surface area contributed by atoms with Crippen molar-refractivity contribution in [1.29, 1.82) is 0 Å². The first-order chi connectivity index (χ1) is 12.0. The van der Waals surface area contributed by atoms with Gasteiger partial charge in [-0.3, -0.25) is 19.8 Å². The number of carbonyl (C=O) groups is 1. The van der Waals surface area contributed by atoms with Crippen LogP contribution < -0.4 is 4.90 Å². The lowest BCUT2D eigenvalue weighted by Gasteiger charge is -2.14. The van der Waals surface area contributed by atoms with Gasteiger partial charge in [-0.1, -0.05) is 43.0 Å². The molecule has 25 heavy (non-hydrogen) atoms. The summed E-state index contributed by atoms with van der Waals surface area (Å²) < 4.78 is 0.474. The highest BCUT2D eigenvalue weighted by atomic mass is 32.2. The van der Waals surface area contributed by atoms with Crippen molar-refractivity contribution in [2.24, 2.45) is 0 Å². The Morgan fingerprint density at radius 1 is 1.16 bits per heavy atom. The normalized spacial score (nSPS) is 15.9. The molecule has 0 radical (unpaired) electrons. The van der Waals surface area contributed by atoms with E-state index in [0.29, 0.717) is 14.8 Å². The zero-order valence-electron chi connectivity index (χ0n) is 13.3. The number of thiocarbonyl (C=S) groups is 1. The summed E-state index contributed by atoms with van der Waals surface area (Å²) >= 11 is 6.57. The van der Waals surface area contributed by atoms with Gasteiger partial charge < -0.3 is 0 Å². The predicted molar refractivity (Wildman–Crippen MR) is 105 cm³/mol. The minimum atomic E-state index is -0.455. The fourth-order valence-corrected chi connectivity index (χ4v) is 3.71. The maximum Gasteiger partial charge on any atom is 0.270 e. The van der Waals surface area contributed by atoms with Crippen LogP contribution in [0.5, 0.6) is 0 Å².